The lowest BCUT2D eigenvalue weighted by Crippen LogP contribution is -2.62. The molecule has 0 aliphatic carbocycles. The average molecular weight is 904 g/mol. The van der Waals surface area contributed by atoms with E-state index in [1.165, 1.54) is 28.1 Å². The van der Waals surface area contributed by atoms with Gasteiger partial charge in [0.15, 0.2) is 24.8 Å². The van der Waals surface area contributed by atoms with Crippen LogP contribution in [0.4, 0.5) is 4.79 Å². The van der Waals surface area contributed by atoms with E-state index in [0.29, 0.717) is 25.9 Å². The predicted molar refractivity (Wildman–Crippen MR) is 231 cm³/mol. The topological polar surface area (TPSA) is 233 Å². The fourth-order valence-electron chi connectivity index (χ4n) is 9.71. The monoisotopic (exact) mass is 904 g/mol. The number of ketones is 1. The van der Waals surface area contributed by atoms with Crippen LogP contribution in [-0.4, -0.2) is 165 Å². The third-order valence-corrected chi connectivity index (χ3v) is 13.6. The molecule has 63 heavy (non-hydrogen) atoms. The maximum Gasteiger partial charge on any atom is 0.407 e. The standard InChI is InChI=1S/C45H81N3O15/c1-16-32-45(11,54)37(51)26(4)34(50)24(2)22-43(9,55-14)38(62-41-36(59-30(8)49)31(48(12)13)21-25(3)57-41)27(5)35(28(6)40(52)60-32)61-33-23-44(10,56-15)39(29(7)58-33)63-42(53)47-20-18-17-19-46/h24-29,31-33,35-39,41,51,54H,16-23,46H2,1-15H3,(H,47,53)/t24-,25-,26-,27-,28-,29+,31+,32+,33+,35+,36-,37+,38?,39+,41+,43-,44-,45-/m1/s1. The molecule has 366 valence electrons. The molecule has 1 unspecified atom stereocenters. The van der Waals surface area contributed by atoms with Crippen molar-refractivity contribution in [1.29, 1.82) is 0 Å². The van der Waals surface area contributed by atoms with Gasteiger partial charge in [0, 0.05) is 51.9 Å². The summed E-state index contributed by atoms with van der Waals surface area (Å²) in [4.78, 5) is 56.2. The number of aliphatic hydroxyl groups is 2. The summed E-state index contributed by atoms with van der Waals surface area (Å²) in [7, 11) is 6.76. The Labute approximate surface area is 375 Å². The molecule has 0 saturated carbocycles. The number of nitrogens with one attached hydrogen (secondary N) is 1. The molecule has 18 atom stereocenters. The maximum absolute atomic E-state index is 14.5. The quantitative estimate of drug-likeness (QED) is 0.111. The predicted octanol–water partition coefficient (Wildman–Crippen LogP) is 3.48. The zero-order valence-corrected chi connectivity index (χ0v) is 40.5. The first-order valence-electron chi connectivity index (χ1n) is 22.7. The minimum Gasteiger partial charge on any atom is -0.459 e. The Hall–Kier alpha value is -2.52. The number of hydrogen-bond donors (Lipinski definition) is 4. The number of amides is 1. The lowest BCUT2D eigenvalue weighted by Gasteiger charge is -2.50. The molecule has 3 fully saturated rings. The highest BCUT2D eigenvalue weighted by Crippen LogP contribution is 2.42. The Morgan fingerprint density at radius 3 is 2.06 bits per heavy atom. The number of aliphatic hydroxyl groups excluding tert-OH is 1. The molecule has 3 rings (SSSR count). The van der Waals surface area contributed by atoms with Crippen LogP contribution >= 0.6 is 0 Å². The second kappa shape index (κ2) is 23.3. The molecule has 18 heteroatoms. The number of esters is 2. The van der Waals surface area contributed by atoms with Crippen molar-refractivity contribution in [3.63, 3.8) is 0 Å². The second-order valence-electron chi connectivity index (χ2n) is 19.0. The first-order valence-corrected chi connectivity index (χ1v) is 22.7. The summed E-state index contributed by atoms with van der Waals surface area (Å²) in [5, 5.41) is 26.1. The highest BCUT2D eigenvalue weighted by atomic mass is 16.7. The van der Waals surface area contributed by atoms with Crippen LogP contribution in [0.2, 0.25) is 0 Å². The molecule has 5 N–H and O–H groups in total. The van der Waals surface area contributed by atoms with Gasteiger partial charge < -0.3 is 68.8 Å². The van der Waals surface area contributed by atoms with Crippen molar-refractivity contribution in [2.45, 2.75) is 199 Å². The summed E-state index contributed by atoms with van der Waals surface area (Å²) in [6.07, 6.45) is -8.42. The van der Waals surface area contributed by atoms with Gasteiger partial charge >= 0.3 is 18.0 Å². The number of rotatable bonds is 14. The molecule has 3 heterocycles. The average Bonchev–Trinajstić information content (AvgIpc) is 3.22. The van der Waals surface area contributed by atoms with Crippen molar-refractivity contribution in [3.05, 3.63) is 0 Å². The molecule has 3 aliphatic heterocycles. The van der Waals surface area contributed by atoms with Crippen LogP contribution in [0.5, 0.6) is 0 Å². The highest BCUT2D eigenvalue weighted by Gasteiger charge is 2.55. The molecule has 18 nitrogen and oxygen atoms in total. The summed E-state index contributed by atoms with van der Waals surface area (Å²) < 4.78 is 57.1. The van der Waals surface area contributed by atoms with Gasteiger partial charge in [0.25, 0.3) is 0 Å². The van der Waals surface area contributed by atoms with E-state index in [1.807, 2.05) is 32.8 Å². The number of hydrogen-bond acceptors (Lipinski definition) is 17. The van der Waals surface area contributed by atoms with Gasteiger partial charge in [-0.2, -0.15) is 0 Å². The van der Waals surface area contributed by atoms with Crippen molar-refractivity contribution in [1.82, 2.24) is 10.2 Å². The van der Waals surface area contributed by atoms with E-state index >= 15 is 0 Å². The van der Waals surface area contributed by atoms with Gasteiger partial charge in [-0.1, -0.05) is 27.7 Å². The van der Waals surface area contributed by atoms with Gasteiger partial charge in [0.2, 0.25) is 0 Å². The summed E-state index contributed by atoms with van der Waals surface area (Å²) >= 11 is 0. The fourth-order valence-corrected chi connectivity index (χ4v) is 9.71. The van der Waals surface area contributed by atoms with E-state index in [0.717, 1.165) is 6.42 Å². The number of alkyl carbamates (subject to hydrolysis) is 1. The molecule has 1 amide bonds. The van der Waals surface area contributed by atoms with Gasteiger partial charge in [-0.05, 0) is 94.3 Å². The first kappa shape index (κ1) is 54.8. The fraction of sp³-hybridized carbons (Fsp3) is 0.911. The van der Waals surface area contributed by atoms with Crippen LogP contribution in [-0.2, 0) is 57.0 Å². The molecule has 0 spiro atoms. The zero-order chi connectivity index (χ0) is 47.8. The minimum absolute atomic E-state index is 0.0568. The Morgan fingerprint density at radius 2 is 1.51 bits per heavy atom. The Morgan fingerprint density at radius 1 is 0.889 bits per heavy atom. The number of methoxy groups -OCH3 is 2. The molecule has 0 aromatic carbocycles. The third kappa shape index (κ3) is 13.3. The van der Waals surface area contributed by atoms with Gasteiger partial charge in [-0.25, -0.2) is 4.79 Å². The zero-order valence-electron chi connectivity index (χ0n) is 40.5. The van der Waals surface area contributed by atoms with Crippen LogP contribution in [0.15, 0.2) is 0 Å². The summed E-state index contributed by atoms with van der Waals surface area (Å²) in [5.74, 6) is -5.34. The molecular formula is C45H81N3O15. The Bertz CT molecular complexity index is 1500. The molecule has 0 aromatic heterocycles. The normalized spacial score (nSPS) is 42.2. The van der Waals surface area contributed by atoms with Crippen molar-refractivity contribution in [2.75, 3.05) is 41.4 Å². The van der Waals surface area contributed by atoms with E-state index in [-0.39, 0.29) is 37.2 Å². The highest BCUT2D eigenvalue weighted by molar-refractivity contribution is 5.83. The van der Waals surface area contributed by atoms with Gasteiger partial charge in [0.05, 0.1) is 48.1 Å². The molecular weight excluding hydrogens is 823 g/mol. The Balaban J connectivity index is 2.21. The van der Waals surface area contributed by atoms with E-state index in [1.54, 1.807) is 48.5 Å². The molecule has 0 radical (unpaired) electrons. The number of carbonyl (C=O) groups excluding carboxylic acids is 4. The van der Waals surface area contributed by atoms with E-state index in [2.05, 4.69) is 5.32 Å². The summed E-state index contributed by atoms with van der Waals surface area (Å²) in [5.41, 5.74) is 1.13. The number of nitrogens with two attached hydrogens (primary N) is 1. The number of unbranched alkanes of at least 4 members (excludes halogenated alkanes) is 1. The van der Waals surface area contributed by atoms with E-state index in [9.17, 15) is 29.4 Å². The van der Waals surface area contributed by atoms with Crippen molar-refractivity contribution >= 4 is 23.8 Å². The van der Waals surface area contributed by atoms with Crippen LogP contribution in [0.25, 0.3) is 0 Å². The van der Waals surface area contributed by atoms with Crippen LogP contribution in [0.3, 0.4) is 0 Å². The lowest BCUT2D eigenvalue weighted by molar-refractivity contribution is -0.320. The number of carbonyl (C=O) groups is 4. The third-order valence-electron chi connectivity index (χ3n) is 13.6. The van der Waals surface area contributed by atoms with Gasteiger partial charge in [0.1, 0.15) is 23.1 Å². The van der Waals surface area contributed by atoms with Crippen LogP contribution < -0.4 is 11.1 Å². The molecule has 0 bridgehead atoms. The van der Waals surface area contributed by atoms with Gasteiger partial charge in [-0.3, -0.25) is 14.4 Å². The SMILES string of the molecule is CC[C@@H]1OC(=O)[C@H](C)[C@@H](O[C@H]2C[C@@](C)(OC)[C@@H](OC(=O)NCCCCN)[C@H](C)O2)[C@@H](C)C(O[C@@H]2O[C@H](C)C[C@H](N(C)C)[C@H]2OC(C)=O)[C@](C)(OC)C[C@@H](C)C(=O)[C@@H](C)[C@H](O)[C@]1(C)O. The number of nitrogens with zero attached hydrogens (tertiary/aromatic N) is 1. The van der Waals surface area contributed by atoms with Gasteiger partial charge in [-0.15, -0.1) is 0 Å². The minimum atomic E-state index is -2.02. The molecule has 3 aliphatic rings. The van der Waals surface area contributed by atoms with Crippen LogP contribution in [0.1, 0.15) is 115 Å². The van der Waals surface area contributed by atoms with Crippen molar-refractivity contribution < 1.29 is 72.0 Å². The smallest absolute Gasteiger partial charge is 0.407 e. The summed E-state index contributed by atoms with van der Waals surface area (Å²) in [6, 6.07) is -0.306. The number of Topliss-reactive ketones (excluding diaryl/α,β-unsaturated/α-hetero) is 1. The first-order chi connectivity index (χ1) is 29.3. The number of ether oxygens (including phenoxy) is 9. The maximum atomic E-state index is 14.5. The number of likely N-dealkylation sites (N-methyl/N-ethyl adjacent to an activating group) is 1. The second-order valence-corrected chi connectivity index (χ2v) is 19.0. The van der Waals surface area contributed by atoms with Crippen molar-refractivity contribution in [2.24, 2.45) is 29.4 Å². The molecule has 3 saturated heterocycles. The number of cyclic esters (lactones) is 1. The van der Waals surface area contributed by atoms with Crippen molar-refractivity contribution in [3.8, 4) is 0 Å². The summed E-state index contributed by atoms with van der Waals surface area (Å²) in [6.45, 7) is 19.2. The lowest BCUT2D eigenvalue weighted by atomic mass is 9.74. The van der Waals surface area contributed by atoms with E-state index in [4.69, 9.17) is 48.4 Å². The largest absolute Gasteiger partial charge is 0.459 e. The van der Waals surface area contributed by atoms with Crippen LogP contribution in [0, 0.1) is 23.7 Å². The molecule has 0 aromatic rings. The van der Waals surface area contributed by atoms with E-state index < -0.39 is 114 Å². The Kier molecular flexibility index (Phi) is 20.3.